The molecule has 7 nitrogen and oxygen atoms in total. The van der Waals surface area contributed by atoms with Crippen molar-refractivity contribution in [1.29, 1.82) is 0 Å². The Morgan fingerprint density at radius 2 is 1.78 bits per heavy atom. The van der Waals surface area contributed by atoms with E-state index in [1.54, 1.807) is 6.07 Å². The first-order valence-corrected chi connectivity index (χ1v) is 14.6. The maximum atomic E-state index is 13.6. The molecule has 1 aliphatic carbocycles. The summed E-state index contributed by atoms with van der Waals surface area (Å²) in [5.41, 5.74) is 6.21. The van der Waals surface area contributed by atoms with Gasteiger partial charge in [0, 0.05) is 50.4 Å². The van der Waals surface area contributed by atoms with Gasteiger partial charge in [0.05, 0.1) is 30.5 Å². The zero-order valence-electron chi connectivity index (χ0n) is 23.7. The minimum Gasteiger partial charge on any atom is -0.494 e. The number of halogens is 1. The van der Waals surface area contributed by atoms with Crippen LogP contribution in [-0.4, -0.2) is 66.1 Å². The average molecular weight is 558 g/mol. The first kappa shape index (κ1) is 27.4. The highest BCUT2D eigenvalue weighted by atomic mass is 19.1. The van der Waals surface area contributed by atoms with Crippen molar-refractivity contribution in [3.8, 4) is 16.9 Å². The molecule has 1 saturated carbocycles. The van der Waals surface area contributed by atoms with Gasteiger partial charge in [-0.15, -0.1) is 0 Å². The van der Waals surface area contributed by atoms with Crippen LogP contribution in [0.1, 0.15) is 76.1 Å². The van der Waals surface area contributed by atoms with E-state index in [2.05, 4.69) is 22.0 Å². The lowest BCUT2D eigenvalue weighted by molar-refractivity contribution is 0.0543. The van der Waals surface area contributed by atoms with Gasteiger partial charge in [-0.1, -0.05) is 12.1 Å². The molecule has 3 aliphatic rings. The standard InChI is InChI=1S/C33H36FN3O4/c1-3-41-31-18-28(22-6-8-25(34)9-7-22)27(21-4-5-21)17-24(31)20-36-13-10-26(11-14-36)37-15-12-30-29(32(37)38)16-23(19-35-30)33(39)40-2/h6-9,16-19,21,26H,3-5,10-15,20H2,1-2H3. The summed E-state index contributed by atoms with van der Waals surface area (Å²) in [4.78, 5) is 34.2. The van der Waals surface area contributed by atoms with Crippen LogP contribution >= 0.6 is 0 Å². The monoisotopic (exact) mass is 557 g/mol. The Labute approximate surface area is 240 Å². The van der Waals surface area contributed by atoms with Gasteiger partial charge in [-0.2, -0.15) is 0 Å². The number of likely N-dealkylation sites (tertiary alicyclic amines) is 1. The van der Waals surface area contributed by atoms with E-state index in [9.17, 15) is 14.0 Å². The van der Waals surface area contributed by atoms with Crippen LogP contribution in [0.5, 0.6) is 5.75 Å². The molecule has 1 saturated heterocycles. The molecule has 0 radical (unpaired) electrons. The first-order chi connectivity index (χ1) is 19.9. The number of nitrogens with zero attached hydrogens (tertiary/aromatic N) is 3. The lowest BCUT2D eigenvalue weighted by atomic mass is 9.93. The Balaban J connectivity index is 1.16. The summed E-state index contributed by atoms with van der Waals surface area (Å²) in [6, 6.07) is 13.0. The van der Waals surface area contributed by atoms with Gasteiger partial charge < -0.3 is 14.4 Å². The van der Waals surface area contributed by atoms with Crippen molar-refractivity contribution in [1.82, 2.24) is 14.8 Å². The fourth-order valence-electron chi connectivity index (χ4n) is 6.24. The highest BCUT2D eigenvalue weighted by Crippen LogP contribution is 2.46. The van der Waals surface area contributed by atoms with Crippen LogP contribution in [0, 0.1) is 5.82 Å². The van der Waals surface area contributed by atoms with Crippen LogP contribution in [0.3, 0.4) is 0 Å². The summed E-state index contributed by atoms with van der Waals surface area (Å²) < 4.78 is 24.6. The molecule has 3 aromatic rings. The maximum absolute atomic E-state index is 13.6. The molecule has 2 aromatic carbocycles. The van der Waals surface area contributed by atoms with Crippen molar-refractivity contribution in [2.45, 2.75) is 57.5 Å². The number of hydrogen-bond donors (Lipinski definition) is 0. The van der Waals surface area contributed by atoms with Crippen molar-refractivity contribution in [3.05, 3.63) is 82.4 Å². The van der Waals surface area contributed by atoms with Crippen LogP contribution < -0.4 is 4.74 Å². The van der Waals surface area contributed by atoms with Gasteiger partial charge in [0.15, 0.2) is 0 Å². The molecule has 8 heteroatoms. The second-order valence-electron chi connectivity index (χ2n) is 11.2. The van der Waals surface area contributed by atoms with Crippen LogP contribution in [0.2, 0.25) is 0 Å². The van der Waals surface area contributed by atoms with E-state index >= 15 is 0 Å². The molecule has 1 amide bonds. The van der Waals surface area contributed by atoms with Crippen molar-refractivity contribution in [3.63, 3.8) is 0 Å². The predicted octanol–water partition coefficient (Wildman–Crippen LogP) is 5.61. The molecule has 0 atom stereocenters. The second kappa shape index (κ2) is 11.6. The van der Waals surface area contributed by atoms with E-state index in [-0.39, 0.29) is 17.8 Å². The zero-order valence-corrected chi connectivity index (χ0v) is 23.7. The Kier molecular flexibility index (Phi) is 7.75. The first-order valence-electron chi connectivity index (χ1n) is 14.6. The van der Waals surface area contributed by atoms with Crippen LogP contribution in [0.25, 0.3) is 11.1 Å². The van der Waals surface area contributed by atoms with Crippen molar-refractivity contribution >= 4 is 11.9 Å². The molecule has 0 N–H and O–H groups in total. The van der Waals surface area contributed by atoms with Gasteiger partial charge in [0.25, 0.3) is 5.91 Å². The van der Waals surface area contributed by atoms with Crippen molar-refractivity contribution in [2.75, 3.05) is 33.4 Å². The van der Waals surface area contributed by atoms with Gasteiger partial charge in [0.1, 0.15) is 11.6 Å². The quantitative estimate of drug-likeness (QED) is 0.335. The van der Waals surface area contributed by atoms with E-state index < -0.39 is 5.97 Å². The number of carbonyl (C=O) groups excluding carboxylic acids is 2. The third-order valence-corrected chi connectivity index (χ3v) is 8.57. The number of esters is 1. The molecule has 0 unspecified atom stereocenters. The number of amides is 1. The van der Waals surface area contributed by atoms with Gasteiger partial charge in [-0.25, -0.2) is 9.18 Å². The lowest BCUT2D eigenvalue weighted by Crippen LogP contribution is -2.50. The smallest absolute Gasteiger partial charge is 0.339 e. The number of hydrogen-bond acceptors (Lipinski definition) is 6. The highest BCUT2D eigenvalue weighted by molar-refractivity contribution is 5.99. The minimum absolute atomic E-state index is 0.0490. The molecule has 2 fully saturated rings. The highest BCUT2D eigenvalue weighted by Gasteiger charge is 2.34. The summed E-state index contributed by atoms with van der Waals surface area (Å²) in [6.07, 6.45) is 6.30. The number of carbonyl (C=O) groups is 2. The fourth-order valence-corrected chi connectivity index (χ4v) is 6.24. The molecule has 6 rings (SSSR count). The predicted molar refractivity (Wildman–Crippen MR) is 154 cm³/mol. The Morgan fingerprint density at radius 1 is 1.02 bits per heavy atom. The maximum Gasteiger partial charge on any atom is 0.339 e. The van der Waals surface area contributed by atoms with Crippen molar-refractivity contribution in [2.24, 2.45) is 0 Å². The minimum atomic E-state index is -0.486. The largest absolute Gasteiger partial charge is 0.494 e. The molecule has 0 spiro atoms. The topological polar surface area (TPSA) is 72.0 Å². The fraction of sp³-hybridized carbons (Fsp3) is 0.424. The van der Waals surface area contributed by atoms with E-state index in [0.29, 0.717) is 36.6 Å². The van der Waals surface area contributed by atoms with Gasteiger partial charge in [0.2, 0.25) is 0 Å². The Morgan fingerprint density at radius 3 is 2.46 bits per heavy atom. The van der Waals surface area contributed by atoms with Gasteiger partial charge >= 0.3 is 5.97 Å². The summed E-state index contributed by atoms with van der Waals surface area (Å²) >= 11 is 0. The SMILES string of the molecule is CCOc1cc(-c2ccc(F)cc2)c(C2CC2)cc1CN1CCC(N2CCc3ncc(C(=O)OC)cc3C2=O)CC1. The zero-order chi connectivity index (χ0) is 28.5. The normalized spacial score (nSPS) is 17.8. The number of pyridine rings is 1. The molecule has 1 aromatic heterocycles. The average Bonchev–Trinajstić information content (AvgIpc) is 3.84. The Bertz CT molecular complexity index is 1450. The van der Waals surface area contributed by atoms with Gasteiger partial charge in [-0.05, 0) is 85.5 Å². The summed E-state index contributed by atoms with van der Waals surface area (Å²) in [5, 5.41) is 0. The number of benzene rings is 2. The molecular formula is C33H36FN3O4. The van der Waals surface area contributed by atoms with E-state index in [4.69, 9.17) is 9.47 Å². The molecule has 214 valence electrons. The number of fused-ring (bicyclic) bond motifs is 1. The number of aromatic nitrogens is 1. The van der Waals surface area contributed by atoms with E-state index in [1.807, 2.05) is 24.0 Å². The van der Waals surface area contributed by atoms with Crippen LogP contribution in [0.4, 0.5) is 4.39 Å². The summed E-state index contributed by atoms with van der Waals surface area (Å²) in [7, 11) is 1.33. The van der Waals surface area contributed by atoms with E-state index in [1.165, 1.54) is 49.4 Å². The summed E-state index contributed by atoms with van der Waals surface area (Å²) in [6.45, 7) is 5.77. The third kappa shape index (κ3) is 5.71. The lowest BCUT2D eigenvalue weighted by Gasteiger charge is -2.40. The molecular weight excluding hydrogens is 521 g/mol. The van der Waals surface area contributed by atoms with Crippen molar-refractivity contribution < 1.29 is 23.5 Å². The molecule has 0 bridgehead atoms. The van der Waals surface area contributed by atoms with Crippen LogP contribution in [0.15, 0.2) is 48.7 Å². The second-order valence-corrected chi connectivity index (χ2v) is 11.2. The van der Waals surface area contributed by atoms with Crippen LogP contribution in [-0.2, 0) is 17.7 Å². The number of methoxy groups -OCH3 is 1. The Hall–Kier alpha value is -3.78. The van der Waals surface area contributed by atoms with E-state index in [0.717, 1.165) is 55.0 Å². The molecule has 41 heavy (non-hydrogen) atoms. The third-order valence-electron chi connectivity index (χ3n) is 8.57. The summed E-state index contributed by atoms with van der Waals surface area (Å²) in [5.74, 6) is 0.657. The molecule has 3 heterocycles. The number of ether oxygens (including phenoxy) is 2. The number of piperidine rings is 1. The van der Waals surface area contributed by atoms with Gasteiger partial charge in [-0.3, -0.25) is 14.7 Å². The number of rotatable bonds is 8. The molecule has 2 aliphatic heterocycles.